The minimum absolute atomic E-state index is 0.337. The summed E-state index contributed by atoms with van der Waals surface area (Å²) in [4.78, 5) is 11.7. The maximum Gasteiger partial charge on any atom is 0.225 e. The van der Waals surface area contributed by atoms with Gasteiger partial charge < -0.3 is 10.2 Å². The van der Waals surface area contributed by atoms with Gasteiger partial charge >= 0.3 is 0 Å². The van der Waals surface area contributed by atoms with E-state index in [1.54, 1.807) is 0 Å². The van der Waals surface area contributed by atoms with Crippen LogP contribution in [0.5, 0.6) is 0 Å². The SMILES string of the molecule is Cc1cccc(CNc2nc(C)cc(N(Cc3ccccc3)C(C)C)n2)c1. The standard InChI is InChI=1S/C23H28N4/c1-17(2)27(16-20-10-6-5-7-11-20)22-14-19(4)25-23(26-22)24-15-21-12-8-9-18(3)13-21/h5-14,17H,15-16H2,1-4H3,(H,24,25,26). The van der Waals surface area contributed by atoms with Gasteiger partial charge in [0, 0.05) is 30.9 Å². The van der Waals surface area contributed by atoms with E-state index in [1.165, 1.54) is 16.7 Å². The summed E-state index contributed by atoms with van der Waals surface area (Å²) in [5, 5.41) is 3.38. The molecule has 4 nitrogen and oxygen atoms in total. The van der Waals surface area contributed by atoms with E-state index < -0.39 is 0 Å². The summed E-state index contributed by atoms with van der Waals surface area (Å²) in [6, 6.07) is 21.4. The Balaban J connectivity index is 1.79. The lowest BCUT2D eigenvalue weighted by atomic mass is 10.1. The Hall–Kier alpha value is -2.88. The normalized spacial score (nSPS) is 10.9. The highest BCUT2D eigenvalue weighted by Crippen LogP contribution is 2.20. The summed E-state index contributed by atoms with van der Waals surface area (Å²) in [7, 11) is 0. The van der Waals surface area contributed by atoms with Crippen LogP contribution in [0.2, 0.25) is 0 Å². The molecule has 0 bridgehead atoms. The number of anilines is 2. The Labute approximate surface area is 162 Å². The van der Waals surface area contributed by atoms with Crippen molar-refractivity contribution in [2.24, 2.45) is 0 Å². The van der Waals surface area contributed by atoms with Gasteiger partial charge in [0.05, 0.1) is 0 Å². The molecule has 3 aromatic rings. The first-order chi connectivity index (χ1) is 13.0. The van der Waals surface area contributed by atoms with Crippen molar-refractivity contribution in [3.63, 3.8) is 0 Å². The Morgan fingerprint density at radius 1 is 0.889 bits per heavy atom. The fraction of sp³-hybridized carbons (Fsp3) is 0.304. The molecule has 0 saturated heterocycles. The summed E-state index contributed by atoms with van der Waals surface area (Å²) in [5.74, 6) is 1.62. The van der Waals surface area contributed by atoms with Crippen molar-refractivity contribution in [3.8, 4) is 0 Å². The first kappa shape index (κ1) is 18.9. The molecular formula is C23H28N4. The van der Waals surface area contributed by atoms with Gasteiger partial charge in [-0.1, -0.05) is 60.2 Å². The summed E-state index contributed by atoms with van der Waals surface area (Å²) >= 11 is 0. The third-order valence-electron chi connectivity index (χ3n) is 4.49. The minimum atomic E-state index is 0.337. The second-order valence-electron chi connectivity index (χ2n) is 7.24. The molecule has 1 aromatic heterocycles. The quantitative estimate of drug-likeness (QED) is 0.635. The monoisotopic (exact) mass is 360 g/mol. The van der Waals surface area contributed by atoms with Crippen molar-refractivity contribution in [2.45, 2.75) is 46.8 Å². The maximum atomic E-state index is 4.79. The number of aryl methyl sites for hydroxylation is 2. The zero-order valence-electron chi connectivity index (χ0n) is 16.6. The number of hydrogen-bond donors (Lipinski definition) is 1. The molecule has 0 aliphatic carbocycles. The predicted octanol–water partition coefficient (Wildman–Crippen LogP) is 5.12. The first-order valence-electron chi connectivity index (χ1n) is 9.47. The Bertz CT molecular complexity index is 875. The third kappa shape index (κ3) is 5.30. The van der Waals surface area contributed by atoms with Crippen LogP contribution in [0.25, 0.3) is 0 Å². The van der Waals surface area contributed by atoms with Gasteiger partial charge in [0.25, 0.3) is 0 Å². The van der Waals surface area contributed by atoms with Crippen LogP contribution >= 0.6 is 0 Å². The summed E-state index contributed by atoms with van der Waals surface area (Å²) in [5.41, 5.74) is 4.72. The lowest BCUT2D eigenvalue weighted by Crippen LogP contribution is -2.31. The molecule has 0 unspecified atom stereocenters. The number of aromatic nitrogens is 2. The molecule has 0 radical (unpaired) electrons. The van der Waals surface area contributed by atoms with Crippen LogP contribution < -0.4 is 10.2 Å². The summed E-state index contributed by atoms with van der Waals surface area (Å²) in [6.45, 7) is 10.1. The molecule has 4 heteroatoms. The number of benzene rings is 2. The molecule has 140 valence electrons. The van der Waals surface area contributed by atoms with Gasteiger partial charge in [-0.2, -0.15) is 4.98 Å². The van der Waals surface area contributed by atoms with Crippen LogP contribution in [0.15, 0.2) is 60.7 Å². The Morgan fingerprint density at radius 2 is 1.63 bits per heavy atom. The highest BCUT2D eigenvalue weighted by atomic mass is 15.2. The molecule has 0 aliphatic rings. The molecule has 27 heavy (non-hydrogen) atoms. The van der Waals surface area contributed by atoms with Crippen LogP contribution in [0, 0.1) is 13.8 Å². The Kier molecular flexibility index (Phi) is 6.07. The van der Waals surface area contributed by atoms with E-state index in [1.807, 2.05) is 13.0 Å². The van der Waals surface area contributed by atoms with Gasteiger partial charge in [0.1, 0.15) is 5.82 Å². The lowest BCUT2D eigenvalue weighted by molar-refractivity contribution is 0.671. The molecule has 0 spiro atoms. The van der Waals surface area contributed by atoms with E-state index in [-0.39, 0.29) is 0 Å². The van der Waals surface area contributed by atoms with E-state index in [4.69, 9.17) is 4.98 Å². The molecule has 0 atom stereocenters. The third-order valence-corrected chi connectivity index (χ3v) is 4.49. The van der Waals surface area contributed by atoms with Crippen LogP contribution in [0.1, 0.15) is 36.2 Å². The van der Waals surface area contributed by atoms with Gasteiger partial charge in [0.15, 0.2) is 0 Å². The number of rotatable bonds is 7. The Morgan fingerprint density at radius 3 is 2.33 bits per heavy atom. The zero-order valence-corrected chi connectivity index (χ0v) is 16.6. The summed E-state index contributed by atoms with van der Waals surface area (Å²) in [6.07, 6.45) is 0. The van der Waals surface area contributed by atoms with Crippen molar-refractivity contribution in [2.75, 3.05) is 10.2 Å². The molecular weight excluding hydrogens is 332 g/mol. The smallest absolute Gasteiger partial charge is 0.225 e. The molecule has 1 N–H and O–H groups in total. The fourth-order valence-electron chi connectivity index (χ4n) is 3.09. The van der Waals surface area contributed by atoms with Crippen molar-refractivity contribution in [1.29, 1.82) is 0 Å². The fourth-order valence-corrected chi connectivity index (χ4v) is 3.09. The van der Waals surface area contributed by atoms with Crippen LogP contribution in [0.4, 0.5) is 11.8 Å². The van der Waals surface area contributed by atoms with Crippen molar-refractivity contribution >= 4 is 11.8 Å². The molecule has 0 amide bonds. The molecule has 0 saturated carbocycles. The maximum absolute atomic E-state index is 4.79. The second kappa shape index (κ2) is 8.67. The van der Waals surface area contributed by atoms with Gasteiger partial charge in [-0.15, -0.1) is 0 Å². The topological polar surface area (TPSA) is 41.1 Å². The number of nitrogens with one attached hydrogen (secondary N) is 1. The largest absolute Gasteiger partial charge is 0.350 e. The molecule has 0 fully saturated rings. The van der Waals surface area contributed by atoms with Crippen LogP contribution in [0.3, 0.4) is 0 Å². The van der Waals surface area contributed by atoms with Gasteiger partial charge in [-0.05, 0) is 38.8 Å². The van der Waals surface area contributed by atoms with Crippen molar-refractivity contribution in [3.05, 3.63) is 83.0 Å². The molecule has 2 aromatic carbocycles. The van der Waals surface area contributed by atoms with Crippen molar-refractivity contribution in [1.82, 2.24) is 9.97 Å². The van der Waals surface area contributed by atoms with E-state index in [0.717, 1.165) is 18.1 Å². The van der Waals surface area contributed by atoms with Gasteiger partial charge in [-0.25, -0.2) is 4.98 Å². The van der Waals surface area contributed by atoms with Crippen LogP contribution in [-0.2, 0) is 13.1 Å². The second-order valence-corrected chi connectivity index (χ2v) is 7.24. The van der Waals surface area contributed by atoms with E-state index in [2.05, 4.69) is 90.6 Å². The van der Waals surface area contributed by atoms with Crippen molar-refractivity contribution < 1.29 is 0 Å². The first-order valence-corrected chi connectivity index (χ1v) is 9.47. The van der Waals surface area contributed by atoms with Gasteiger partial charge in [0.2, 0.25) is 5.95 Å². The number of hydrogen-bond acceptors (Lipinski definition) is 4. The molecule has 0 aliphatic heterocycles. The highest BCUT2D eigenvalue weighted by Gasteiger charge is 2.14. The van der Waals surface area contributed by atoms with E-state index >= 15 is 0 Å². The highest BCUT2D eigenvalue weighted by molar-refractivity contribution is 5.46. The minimum Gasteiger partial charge on any atom is -0.350 e. The van der Waals surface area contributed by atoms with E-state index in [0.29, 0.717) is 18.5 Å². The average molecular weight is 361 g/mol. The lowest BCUT2D eigenvalue weighted by Gasteiger charge is -2.28. The van der Waals surface area contributed by atoms with Crippen LogP contribution in [-0.4, -0.2) is 16.0 Å². The number of nitrogens with zero attached hydrogens (tertiary/aromatic N) is 3. The predicted molar refractivity (Wildman–Crippen MR) is 113 cm³/mol. The molecule has 1 heterocycles. The van der Waals surface area contributed by atoms with E-state index in [9.17, 15) is 0 Å². The summed E-state index contributed by atoms with van der Waals surface area (Å²) < 4.78 is 0. The van der Waals surface area contributed by atoms with Gasteiger partial charge in [-0.3, -0.25) is 0 Å². The molecule has 3 rings (SSSR count). The zero-order chi connectivity index (χ0) is 19.2. The average Bonchev–Trinajstić information content (AvgIpc) is 2.65.